The van der Waals surface area contributed by atoms with E-state index in [1.165, 1.54) is 0 Å². The standard InChI is InChI=1S/C20H37NO3S/c1-4-25-18(9-15-5-7-21-20(23)10-15)12-17-11-16(6-8-24-17)19(13-22)14(2)3/h14-19,22H,4-13H2,1-3H3,(H,21,23). The van der Waals surface area contributed by atoms with Crippen molar-refractivity contribution in [2.45, 2.75) is 70.7 Å². The fourth-order valence-electron chi connectivity index (χ4n) is 4.55. The molecule has 146 valence electrons. The van der Waals surface area contributed by atoms with Crippen molar-refractivity contribution in [3.8, 4) is 0 Å². The lowest BCUT2D eigenvalue weighted by Crippen LogP contribution is -2.37. The lowest BCUT2D eigenvalue weighted by atomic mass is 9.77. The number of ether oxygens (including phenoxy) is 1. The number of carbonyl (C=O) groups is 1. The van der Waals surface area contributed by atoms with E-state index in [4.69, 9.17) is 4.74 Å². The van der Waals surface area contributed by atoms with Gasteiger partial charge in [-0.25, -0.2) is 0 Å². The Kier molecular flexibility index (Phi) is 9.08. The molecule has 0 spiro atoms. The van der Waals surface area contributed by atoms with Crippen LogP contribution < -0.4 is 5.32 Å². The first-order chi connectivity index (χ1) is 12.0. The Morgan fingerprint density at radius 2 is 2.12 bits per heavy atom. The van der Waals surface area contributed by atoms with Gasteiger partial charge in [0.05, 0.1) is 6.10 Å². The summed E-state index contributed by atoms with van der Waals surface area (Å²) in [5.41, 5.74) is 0. The lowest BCUT2D eigenvalue weighted by Gasteiger charge is -2.37. The fraction of sp³-hybridized carbons (Fsp3) is 0.950. The molecule has 0 radical (unpaired) electrons. The molecule has 1 amide bonds. The average molecular weight is 372 g/mol. The first-order valence-electron chi connectivity index (χ1n) is 10.1. The number of amides is 1. The van der Waals surface area contributed by atoms with Crippen LogP contribution in [-0.2, 0) is 9.53 Å². The minimum Gasteiger partial charge on any atom is -0.396 e. The Balaban J connectivity index is 1.88. The second kappa shape index (κ2) is 10.8. The van der Waals surface area contributed by atoms with Gasteiger partial charge in [0.25, 0.3) is 0 Å². The van der Waals surface area contributed by atoms with Crippen LogP contribution in [0.2, 0.25) is 0 Å². The monoisotopic (exact) mass is 371 g/mol. The molecule has 25 heavy (non-hydrogen) atoms. The zero-order chi connectivity index (χ0) is 18.2. The highest BCUT2D eigenvalue weighted by atomic mass is 32.2. The number of piperidine rings is 1. The van der Waals surface area contributed by atoms with Gasteiger partial charge in [-0.15, -0.1) is 0 Å². The van der Waals surface area contributed by atoms with E-state index in [1.54, 1.807) is 0 Å². The Bertz CT molecular complexity index is 404. The van der Waals surface area contributed by atoms with Crippen LogP contribution in [-0.4, -0.2) is 47.9 Å². The molecule has 2 aliphatic rings. The van der Waals surface area contributed by atoms with Gasteiger partial charge in [-0.3, -0.25) is 4.79 Å². The normalized spacial score (nSPS) is 30.1. The molecular formula is C20H37NO3S. The minimum atomic E-state index is 0.216. The SMILES string of the molecule is CCSC(CC1CCNC(=O)C1)CC1CC(C(CO)C(C)C)CCO1. The number of rotatable bonds is 9. The topological polar surface area (TPSA) is 58.6 Å². The van der Waals surface area contributed by atoms with Gasteiger partial charge in [0, 0.05) is 31.4 Å². The van der Waals surface area contributed by atoms with E-state index >= 15 is 0 Å². The predicted molar refractivity (Wildman–Crippen MR) is 105 cm³/mol. The zero-order valence-corrected chi connectivity index (χ0v) is 17.0. The molecule has 0 aromatic heterocycles. The highest BCUT2D eigenvalue weighted by Gasteiger charge is 2.32. The number of carbonyl (C=O) groups excluding carboxylic acids is 1. The molecule has 2 N–H and O–H groups in total. The largest absolute Gasteiger partial charge is 0.396 e. The number of aliphatic hydroxyl groups is 1. The molecule has 0 aromatic rings. The zero-order valence-electron chi connectivity index (χ0n) is 16.2. The second-order valence-electron chi connectivity index (χ2n) is 8.13. The van der Waals surface area contributed by atoms with Gasteiger partial charge in [-0.1, -0.05) is 20.8 Å². The van der Waals surface area contributed by atoms with Crippen LogP contribution in [0.1, 0.15) is 59.3 Å². The van der Waals surface area contributed by atoms with Crippen molar-refractivity contribution in [2.24, 2.45) is 23.7 Å². The number of hydrogen-bond acceptors (Lipinski definition) is 4. The van der Waals surface area contributed by atoms with Crippen LogP contribution >= 0.6 is 11.8 Å². The Morgan fingerprint density at radius 1 is 1.32 bits per heavy atom. The van der Waals surface area contributed by atoms with Crippen LogP contribution in [0.3, 0.4) is 0 Å². The highest BCUT2D eigenvalue weighted by Crippen LogP contribution is 2.36. The Morgan fingerprint density at radius 3 is 2.76 bits per heavy atom. The van der Waals surface area contributed by atoms with Gasteiger partial charge < -0.3 is 15.2 Å². The molecule has 2 rings (SSSR count). The second-order valence-corrected chi connectivity index (χ2v) is 9.70. The van der Waals surface area contributed by atoms with Crippen molar-refractivity contribution < 1.29 is 14.6 Å². The first kappa shape index (κ1) is 21.0. The summed E-state index contributed by atoms with van der Waals surface area (Å²) in [6.07, 6.45) is 6.49. The molecule has 2 aliphatic heterocycles. The molecule has 5 heteroatoms. The third kappa shape index (κ3) is 6.76. The summed E-state index contributed by atoms with van der Waals surface area (Å²) in [5.74, 6) is 3.36. The summed E-state index contributed by atoms with van der Waals surface area (Å²) < 4.78 is 6.10. The summed E-state index contributed by atoms with van der Waals surface area (Å²) in [5, 5.41) is 13.3. The van der Waals surface area contributed by atoms with Gasteiger partial charge in [0.1, 0.15) is 0 Å². The Labute approximate surface area is 157 Å². The summed E-state index contributed by atoms with van der Waals surface area (Å²) >= 11 is 2.03. The molecule has 0 aliphatic carbocycles. The van der Waals surface area contributed by atoms with Gasteiger partial charge in [-0.2, -0.15) is 11.8 Å². The van der Waals surface area contributed by atoms with E-state index in [1.807, 2.05) is 11.8 Å². The van der Waals surface area contributed by atoms with Crippen molar-refractivity contribution in [3.05, 3.63) is 0 Å². The average Bonchev–Trinajstić information content (AvgIpc) is 2.56. The van der Waals surface area contributed by atoms with Crippen LogP contribution in [0.5, 0.6) is 0 Å². The molecule has 0 aromatic carbocycles. The van der Waals surface area contributed by atoms with Crippen molar-refractivity contribution in [2.75, 3.05) is 25.5 Å². The molecule has 0 bridgehead atoms. The summed E-state index contributed by atoms with van der Waals surface area (Å²) in [7, 11) is 0. The van der Waals surface area contributed by atoms with E-state index in [-0.39, 0.29) is 5.91 Å². The molecule has 2 fully saturated rings. The van der Waals surface area contributed by atoms with Gasteiger partial charge in [0.2, 0.25) is 5.91 Å². The maximum Gasteiger partial charge on any atom is 0.220 e. The van der Waals surface area contributed by atoms with E-state index < -0.39 is 0 Å². The molecule has 5 unspecified atom stereocenters. The van der Waals surface area contributed by atoms with Gasteiger partial charge in [-0.05, 0) is 61.5 Å². The Hall–Kier alpha value is -0.260. The fourth-order valence-corrected chi connectivity index (χ4v) is 5.78. The third-order valence-corrected chi connectivity index (χ3v) is 7.14. The maximum absolute atomic E-state index is 11.7. The van der Waals surface area contributed by atoms with E-state index in [2.05, 4.69) is 26.1 Å². The van der Waals surface area contributed by atoms with Crippen molar-refractivity contribution in [1.29, 1.82) is 0 Å². The van der Waals surface area contributed by atoms with E-state index in [0.29, 0.717) is 48.1 Å². The van der Waals surface area contributed by atoms with Crippen LogP contribution in [0.25, 0.3) is 0 Å². The molecule has 5 atom stereocenters. The van der Waals surface area contributed by atoms with Crippen molar-refractivity contribution in [3.63, 3.8) is 0 Å². The number of thioether (sulfide) groups is 1. The first-order valence-corrected chi connectivity index (χ1v) is 11.2. The molecular weight excluding hydrogens is 334 g/mol. The number of hydrogen-bond donors (Lipinski definition) is 2. The van der Waals surface area contributed by atoms with Crippen LogP contribution in [0, 0.1) is 23.7 Å². The smallest absolute Gasteiger partial charge is 0.220 e. The number of aliphatic hydroxyl groups excluding tert-OH is 1. The summed E-state index contributed by atoms with van der Waals surface area (Å²) in [6, 6.07) is 0. The van der Waals surface area contributed by atoms with E-state index in [9.17, 15) is 9.90 Å². The quantitative estimate of drug-likeness (QED) is 0.651. The van der Waals surface area contributed by atoms with Crippen LogP contribution in [0.15, 0.2) is 0 Å². The molecule has 0 saturated carbocycles. The number of nitrogens with one attached hydrogen (secondary N) is 1. The molecule has 2 saturated heterocycles. The lowest BCUT2D eigenvalue weighted by molar-refractivity contribution is -0.123. The third-order valence-electron chi connectivity index (χ3n) is 5.95. The van der Waals surface area contributed by atoms with Gasteiger partial charge in [0.15, 0.2) is 0 Å². The maximum atomic E-state index is 11.7. The summed E-state index contributed by atoms with van der Waals surface area (Å²) in [4.78, 5) is 11.7. The van der Waals surface area contributed by atoms with Crippen molar-refractivity contribution in [1.82, 2.24) is 5.32 Å². The van der Waals surface area contributed by atoms with Crippen LogP contribution in [0.4, 0.5) is 0 Å². The van der Waals surface area contributed by atoms with Crippen molar-refractivity contribution >= 4 is 17.7 Å². The predicted octanol–water partition coefficient (Wildman–Crippen LogP) is 3.47. The molecule has 4 nitrogen and oxygen atoms in total. The van der Waals surface area contributed by atoms with Gasteiger partial charge >= 0.3 is 0 Å². The minimum absolute atomic E-state index is 0.216. The summed E-state index contributed by atoms with van der Waals surface area (Å²) in [6.45, 7) is 8.61. The molecule has 2 heterocycles. The van der Waals surface area contributed by atoms with E-state index in [0.717, 1.165) is 51.0 Å². The highest BCUT2D eigenvalue weighted by molar-refractivity contribution is 7.99.